The number of hydrogen-bond donors (Lipinski definition) is 0. The molecule has 14 heavy (non-hydrogen) atoms. The number of nitrogens with zero attached hydrogens (tertiary/aromatic N) is 5. The Kier molecular flexibility index (Phi) is 2.99. The molecule has 2 rings (SSSR count). The van der Waals surface area contributed by atoms with Crippen LogP contribution in [0, 0.1) is 0 Å². The van der Waals surface area contributed by atoms with Gasteiger partial charge in [-0.25, -0.2) is 4.98 Å². The number of thiazole rings is 1. The van der Waals surface area contributed by atoms with Gasteiger partial charge in [0, 0.05) is 0 Å². The molecule has 0 aliphatic carbocycles. The fraction of sp³-hybridized carbons (Fsp3) is 0.333. The molecule has 74 valence electrons. The van der Waals surface area contributed by atoms with Crippen LogP contribution in [0.2, 0.25) is 4.34 Å². The quantitative estimate of drug-likeness (QED) is 0.830. The van der Waals surface area contributed by atoms with Gasteiger partial charge in [0.15, 0.2) is 4.34 Å². The molecule has 0 N–H and O–H groups in total. The molecule has 0 atom stereocenters. The number of halogens is 1. The lowest BCUT2D eigenvalue weighted by atomic mass is 10.8. The van der Waals surface area contributed by atoms with Gasteiger partial charge in [0.1, 0.15) is 4.34 Å². The van der Waals surface area contributed by atoms with E-state index < -0.39 is 0 Å². The smallest absolute Gasteiger partial charge is 0.236 e. The second-order valence-corrected chi connectivity index (χ2v) is 5.17. The number of hydrogen-bond acceptors (Lipinski definition) is 6. The van der Waals surface area contributed by atoms with Crippen LogP contribution in [0.25, 0.3) is 0 Å². The summed E-state index contributed by atoms with van der Waals surface area (Å²) in [7, 11) is 0. The Bertz CT molecular complexity index is 425. The minimum atomic E-state index is 0.595. The zero-order valence-electron chi connectivity index (χ0n) is 7.21. The van der Waals surface area contributed by atoms with E-state index in [9.17, 15) is 0 Å². The van der Waals surface area contributed by atoms with E-state index in [1.807, 2.05) is 6.92 Å². The second kappa shape index (κ2) is 4.24. The van der Waals surface area contributed by atoms with Gasteiger partial charge in [0.05, 0.1) is 12.7 Å². The van der Waals surface area contributed by atoms with E-state index in [-0.39, 0.29) is 0 Å². The maximum atomic E-state index is 5.74. The molecule has 8 heteroatoms. The fourth-order valence-corrected chi connectivity index (χ4v) is 2.68. The van der Waals surface area contributed by atoms with Crippen molar-refractivity contribution in [2.45, 2.75) is 23.0 Å². The van der Waals surface area contributed by atoms with E-state index in [0.29, 0.717) is 16.0 Å². The highest BCUT2D eigenvalue weighted by Gasteiger charge is 2.07. The van der Waals surface area contributed by atoms with Crippen LogP contribution in [0.4, 0.5) is 0 Å². The Balaban J connectivity index is 2.10. The van der Waals surface area contributed by atoms with Crippen molar-refractivity contribution in [2.24, 2.45) is 0 Å². The van der Waals surface area contributed by atoms with Crippen molar-refractivity contribution in [1.29, 1.82) is 0 Å². The van der Waals surface area contributed by atoms with E-state index in [0.717, 1.165) is 4.34 Å². The average Bonchev–Trinajstić information content (AvgIpc) is 2.76. The van der Waals surface area contributed by atoms with E-state index in [1.165, 1.54) is 27.9 Å². The van der Waals surface area contributed by atoms with Crippen molar-refractivity contribution >= 4 is 34.7 Å². The molecule has 0 aliphatic rings. The molecule has 0 unspecified atom stereocenters. The summed E-state index contributed by atoms with van der Waals surface area (Å²) in [4.78, 5) is 5.60. The molecule has 0 saturated carbocycles. The molecule has 0 aromatic carbocycles. The normalized spacial score (nSPS) is 10.7. The lowest BCUT2D eigenvalue weighted by molar-refractivity contribution is 0.549. The summed E-state index contributed by atoms with van der Waals surface area (Å²) in [5.74, 6) is 0. The first-order valence-electron chi connectivity index (χ1n) is 3.85. The van der Waals surface area contributed by atoms with Gasteiger partial charge in [-0.05, 0) is 23.9 Å². The number of aromatic nitrogens is 5. The highest BCUT2D eigenvalue weighted by atomic mass is 35.5. The molecule has 0 fully saturated rings. The molecular weight excluding hydrogens is 242 g/mol. The summed E-state index contributed by atoms with van der Waals surface area (Å²) in [5.41, 5.74) is 0. The monoisotopic (exact) mass is 247 g/mol. The van der Waals surface area contributed by atoms with Gasteiger partial charge in [0.25, 0.3) is 0 Å². The molecule has 0 bridgehead atoms. The third kappa shape index (κ3) is 2.23. The van der Waals surface area contributed by atoms with Gasteiger partial charge in [0.2, 0.25) is 5.16 Å². The largest absolute Gasteiger partial charge is 0.238 e. The topological polar surface area (TPSA) is 56.5 Å². The van der Waals surface area contributed by atoms with Gasteiger partial charge in [-0.15, -0.1) is 10.2 Å². The first kappa shape index (κ1) is 9.88. The first-order valence-corrected chi connectivity index (χ1v) is 5.86. The van der Waals surface area contributed by atoms with Crippen LogP contribution in [0.1, 0.15) is 6.92 Å². The van der Waals surface area contributed by atoms with Crippen LogP contribution in [-0.4, -0.2) is 25.2 Å². The molecule has 2 aromatic rings. The summed E-state index contributed by atoms with van der Waals surface area (Å²) < 4.78 is 1.49. The van der Waals surface area contributed by atoms with Gasteiger partial charge >= 0.3 is 0 Å². The molecule has 0 aliphatic heterocycles. The molecular formula is C6H6ClN5S2. The zero-order chi connectivity index (χ0) is 9.97. The van der Waals surface area contributed by atoms with Gasteiger partial charge in [-0.2, -0.15) is 4.80 Å². The Hall–Kier alpha value is -0.660. The minimum Gasteiger partial charge on any atom is -0.236 e. The number of aryl methyl sites for hydroxylation is 1. The third-order valence-electron chi connectivity index (χ3n) is 1.35. The Labute approximate surface area is 93.5 Å². The van der Waals surface area contributed by atoms with E-state index in [2.05, 4.69) is 20.4 Å². The standard InChI is InChI=1S/C6H6ClN5S2/c1-2-12-10-5(9-11-12)14-6-8-3-4(7)13-6/h3H,2H2,1H3. The minimum absolute atomic E-state index is 0.595. The zero-order valence-corrected chi connectivity index (χ0v) is 9.60. The molecule has 0 radical (unpaired) electrons. The molecule has 5 nitrogen and oxygen atoms in total. The van der Waals surface area contributed by atoms with Crippen molar-refractivity contribution in [3.05, 3.63) is 10.5 Å². The summed E-state index contributed by atoms with van der Waals surface area (Å²) in [6.07, 6.45) is 1.61. The molecule has 0 saturated heterocycles. The van der Waals surface area contributed by atoms with Crippen molar-refractivity contribution in [2.75, 3.05) is 0 Å². The SMILES string of the molecule is CCn1nnc(Sc2ncc(Cl)s2)n1. The van der Waals surface area contributed by atoms with Gasteiger partial charge in [-0.1, -0.05) is 22.9 Å². The van der Waals surface area contributed by atoms with E-state index >= 15 is 0 Å². The first-order chi connectivity index (χ1) is 6.78. The molecule has 0 amide bonds. The van der Waals surface area contributed by atoms with Crippen molar-refractivity contribution in [1.82, 2.24) is 25.2 Å². The van der Waals surface area contributed by atoms with Gasteiger partial charge < -0.3 is 0 Å². The Morgan fingerprint density at radius 1 is 1.64 bits per heavy atom. The summed E-state index contributed by atoms with van der Waals surface area (Å²) in [6, 6.07) is 0. The molecule has 2 heterocycles. The highest BCUT2D eigenvalue weighted by Crippen LogP contribution is 2.30. The van der Waals surface area contributed by atoms with Crippen LogP contribution in [-0.2, 0) is 6.54 Å². The maximum absolute atomic E-state index is 5.74. The summed E-state index contributed by atoms with van der Waals surface area (Å²) in [6.45, 7) is 2.67. The van der Waals surface area contributed by atoms with Crippen molar-refractivity contribution in [3.8, 4) is 0 Å². The van der Waals surface area contributed by atoms with Gasteiger partial charge in [-0.3, -0.25) is 0 Å². The lowest BCUT2D eigenvalue weighted by Crippen LogP contribution is -1.98. The van der Waals surface area contributed by atoms with Crippen molar-refractivity contribution < 1.29 is 0 Å². The summed E-state index contributed by atoms with van der Waals surface area (Å²) >= 11 is 8.50. The average molecular weight is 248 g/mol. The van der Waals surface area contributed by atoms with Crippen LogP contribution in [0.15, 0.2) is 15.7 Å². The van der Waals surface area contributed by atoms with Crippen LogP contribution in [0.3, 0.4) is 0 Å². The van der Waals surface area contributed by atoms with Crippen LogP contribution < -0.4 is 0 Å². The Morgan fingerprint density at radius 3 is 3.07 bits per heavy atom. The fourth-order valence-electron chi connectivity index (χ4n) is 0.768. The lowest BCUT2D eigenvalue weighted by Gasteiger charge is -1.87. The second-order valence-electron chi connectivity index (χ2n) is 2.29. The molecule has 2 aromatic heterocycles. The van der Waals surface area contributed by atoms with Crippen LogP contribution >= 0.6 is 34.7 Å². The summed E-state index contributed by atoms with van der Waals surface area (Å²) in [5, 5.41) is 12.4. The predicted octanol–water partition coefficient (Wildman–Crippen LogP) is 1.95. The number of rotatable bonds is 3. The van der Waals surface area contributed by atoms with E-state index in [1.54, 1.807) is 6.20 Å². The number of tetrazole rings is 1. The highest BCUT2D eigenvalue weighted by molar-refractivity contribution is 8.00. The van der Waals surface area contributed by atoms with E-state index in [4.69, 9.17) is 11.6 Å². The Morgan fingerprint density at radius 2 is 2.50 bits per heavy atom. The van der Waals surface area contributed by atoms with Crippen molar-refractivity contribution in [3.63, 3.8) is 0 Å². The predicted molar refractivity (Wildman–Crippen MR) is 54.7 cm³/mol. The van der Waals surface area contributed by atoms with Crippen LogP contribution in [0.5, 0.6) is 0 Å². The molecule has 0 spiro atoms. The maximum Gasteiger partial charge on any atom is 0.238 e. The third-order valence-corrected chi connectivity index (χ3v) is 3.39.